The SMILES string of the molecule is Cc1nc(C)c(C(=O)N2CCC(O)(C(F)(F)F)CC2)s1. The van der Waals surface area contributed by atoms with E-state index in [0.717, 1.165) is 5.01 Å². The molecule has 0 aliphatic carbocycles. The Labute approximate surface area is 118 Å². The lowest BCUT2D eigenvalue weighted by Gasteiger charge is -2.38. The van der Waals surface area contributed by atoms with Crippen molar-refractivity contribution in [1.29, 1.82) is 0 Å². The van der Waals surface area contributed by atoms with Crippen molar-refractivity contribution in [2.45, 2.75) is 38.5 Å². The van der Waals surface area contributed by atoms with Crippen LogP contribution in [0.1, 0.15) is 33.2 Å². The minimum atomic E-state index is -4.65. The Balaban J connectivity index is 2.08. The summed E-state index contributed by atoms with van der Waals surface area (Å²) in [6.45, 7) is 3.26. The molecule has 1 fully saturated rings. The van der Waals surface area contributed by atoms with E-state index in [1.807, 2.05) is 0 Å². The Kier molecular flexibility index (Phi) is 3.81. The third-order valence-electron chi connectivity index (χ3n) is 3.50. The maximum Gasteiger partial charge on any atom is 0.417 e. The standard InChI is InChI=1S/C12H15F3N2O2S/c1-7-9(20-8(2)16-7)10(18)17-5-3-11(19,4-6-17)12(13,14)15/h19H,3-6H2,1-2H3. The molecule has 20 heavy (non-hydrogen) atoms. The third kappa shape index (κ3) is 2.67. The highest BCUT2D eigenvalue weighted by molar-refractivity contribution is 7.13. The van der Waals surface area contributed by atoms with Gasteiger partial charge in [0.05, 0.1) is 10.7 Å². The number of aryl methyl sites for hydroxylation is 2. The van der Waals surface area contributed by atoms with Gasteiger partial charge in [-0.15, -0.1) is 11.3 Å². The zero-order valence-electron chi connectivity index (χ0n) is 11.1. The number of aliphatic hydroxyl groups is 1. The van der Waals surface area contributed by atoms with E-state index < -0.39 is 24.6 Å². The average Bonchev–Trinajstić information content (AvgIpc) is 2.67. The Hall–Kier alpha value is -1.15. The summed E-state index contributed by atoms with van der Waals surface area (Å²) in [4.78, 5) is 18.2. The molecular formula is C12H15F3N2O2S. The van der Waals surface area contributed by atoms with Crippen LogP contribution in [0.25, 0.3) is 0 Å². The number of carbonyl (C=O) groups excluding carboxylic acids is 1. The van der Waals surface area contributed by atoms with E-state index >= 15 is 0 Å². The number of halogens is 3. The number of aromatic nitrogens is 1. The van der Waals surface area contributed by atoms with E-state index in [4.69, 9.17) is 0 Å². The van der Waals surface area contributed by atoms with Crippen LogP contribution in [0.5, 0.6) is 0 Å². The smallest absolute Gasteiger partial charge is 0.380 e. The van der Waals surface area contributed by atoms with Crippen LogP contribution < -0.4 is 0 Å². The third-order valence-corrected chi connectivity index (χ3v) is 4.56. The first-order chi connectivity index (χ1) is 9.14. The zero-order valence-corrected chi connectivity index (χ0v) is 11.9. The Morgan fingerprint density at radius 1 is 1.35 bits per heavy atom. The molecule has 1 saturated heterocycles. The van der Waals surface area contributed by atoms with Gasteiger partial charge in [0.1, 0.15) is 4.88 Å². The van der Waals surface area contributed by atoms with Crippen LogP contribution >= 0.6 is 11.3 Å². The van der Waals surface area contributed by atoms with Gasteiger partial charge in [0.15, 0.2) is 5.60 Å². The Morgan fingerprint density at radius 3 is 2.30 bits per heavy atom. The summed E-state index contributed by atoms with van der Waals surface area (Å²) in [7, 11) is 0. The molecule has 1 aliphatic rings. The second-order valence-corrected chi connectivity index (χ2v) is 6.17. The normalized spacial score (nSPS) is 19.2. The van der Waals surface area contributed by atoms with Crippen molar-refractivity contribution in [3.63, 3.8) is 0 Å². The lowest BCUT2D eigenvalue weighted by Crippen LogP contribution is -2.54. The summed E-state index contributed by atoms with van der Waals surface area (Å²) in [5, 5.41) is 10.3. The van der Waals surface area contributed by atoms with Gasteiger partial charge in [-0.2, -0.15) is 13.2 Å². The van der Waals surface area contributed by atoms with Crippen LogP contribution in [-0.2, 0) is 0 Å². The minimum Gasteiger partial charge on any atom is -0.380 e. The fourth-order valence-electron chi connectivity index (χ4n) is 2.24. The summed E-state index contributed by atoms with van der Waals surface area (Å²) in [5.41, 5.74) is -2.09. The van der Waals surface area contributed by atoms with E-state index in [9.17, 15) is 23.1 Å². The quantitative estimate of drug-likeness (QED) is 0.866. The molecule has 0 aromatic carbocycles. The molecule has 0 saturated carbocycles. The molecule has 1 N–H and O–H groups in total. The van der Waals surface area contributed by atoms with Gasteiger partial charge in [0.25, 0.3) is 5.91 Å². The van der Waals surface area contributed by atoms with Crippen LogP contribution in [0.2, 0.25) is 0 Å². The number of hydrogen-bond donors (Lipinski definition) is 1. The molecule has 0 unspecified atom stereocenters. The van der Waals surface area contributed by atoms with Gasteiger partial charge in [-0.1, -0.05) is 0 Å². The molecule has 4 nitrogen and oxygen atoms in total. The van der Waals surface area contributed by atoms with E-state index in [0.29, 0.717) is 10.6 Å². The molecule has 2 heterocycles. The van der Waals surface area contributed by atoms with Gasteiger partial charge in [-0.3, -0.25) is 4.79 Å². The number of piperidine rings is 1. The average molecular weight is 308 g/mol. The first-order valence-corrected chi connectivity index (χ1v) is 6.98. The van der Waals surface area contributed by atoms with Crippen LogP contribution in [0.3, 0.4) is 0 Å². The maximum absolute atomic E-state index is 12.7. The van der Waals surface area contributed by atoms with E-state index in [1.165, 1.54) is 16.2 Å². The van der Waals surface area contributed by atoms with Crippen LogP contribution in [0.4, 0.5) is 13.2 Å². The highest BCUT2D eigenvalue weighted by Gasteiger charge is 2.55. The number of hydrogen-bond acceptors (Lipinski definition) is 4. The van der Waals surface area contributed by atoms with E-state index in [-0.39, 0.29) is 19.0 Å². The molecule has 1 amide bonds. The Bertz CT molecular complexity index is 519. The molecule has 112 valence electrons. The molecule has 0 radical (unpaired) electrons. The molecule has 1 aliphatic heterocycles. The maximum atomic E-state index is 12.7. The van der Waals surface area contributed by atoms with Crippen molar-refractivity contribution in [2.24, 2.45) is 0 Å². The van der Waals surface area contributed by atoms with Crippen molar-refractivity contribution in [3.05, 3.63) is 15.6 Å². The fraction of sp³-hybridized carbons (Fsp3) is 0.667. The van der Waals surface area contributed by atoms with Crippen molar-refractivity contribution < 1.29 is 23.1 Å². The van der Waals surface area contributed by atoms with E-state index in [2.05, 4.69) is 4.98 Å². The van der Waals surface area contributed by atoms with Gasteiger partial charge in [0, 0.05) is 25.9 Å². The minimum absolute atomic E-state index is 0.106. The summed E-state index contributed by atoms with van der Waals surface area (Å²) in [6, 6.07) is 0. The molecule has 1 aromatic heterocycles. The largest absolute Gasteiger partial charge is 0.417 e. The van der Waals surface area contributed by atoms with Gasteiger partial charge in [-0.05, 0) is 13.8 Å². The number of amides is 1. The predicted molar refractivity (Wildman–Crippen MR) is 67.7 cm³/mol. The summed E-state index contributed by atoms with van der Waals surface area (Å²) >= 11 is 1.23. The number of nitrogens with zero attached hydrogens (tertiary/aromatic N) is 2. The molecule has 0 atom stereocenters. The molecular weight excluding hydrogens is 293 g/mol. The van der Waals surface area contributed by atoms with E-state index in [1.54, 1.807) is 13.8 Å². The number of carbonyl (C=O) groups is 1. The van der Waals surface area contributed by atoms with Crippen LogP contribution in [0.15, 0.2) is 0 Å². The second-order valence-electron chi connectivity index (χ2n) is 4.97. The van der Waals surface area contributed by atoms with Crippen molar-refractivity contribution >= 4 is 17.2 Å². The molecule has 2 rings (SSSR count). The van der Waals surface area contributed by atoms with Crippen molar-refractivity contribution in [1.82, 2.24) is 9.88 Å². The van der Waals surface area contributed by atoms with Crippen LogP contribution in [0, 0.1) is 13.8 Å². The van der Waals surface area contributed by atoms with Gasteiger partial charge >= 0.3 is 6.18 Å². The van der Waals surface area contributed by atoms with Crippen molar-refractivity contribution in [2.75, 3.05) is 13.1 Å². The first kappa shape index (κ1) is 15.2. The second kappa shape index (κ2) is 5.00. The van der Waals surface area contributed by atoms with Gasteiger partial charge in [0.2, 0.25) is 0 Å². The monoisotopic (exact) mass is 308 g/mol. The topological polar surface area (TPSA) is 53.4 Å². The van der Waals surface area contributed by atoms with Gasteiger partial charge < -0.3 is 10.0 Å². The fourth-order valence-corrected chi connectivity index (χ4v) is 3.12. The number of rotatable bonds is 1. The summed E-state index contributed by atoms with van der Waals surface area (Å²) in [5.74, 6) is -0.308. The summed E-state index contributed by atoms with van der Waals surface area (Å²) in [6.07, 6.45) is -5.63. The van der Waals surface area contributed by atoms with Gasteiger partial charge in [-0.25, -0.2) is 4.98 Å². The molecule has 8 heteroatoms. The number of thiazole rings is 1. The number of alkyl halides is 3. The molecule has 0 bridgehead atoms. The lowest BCUT2D eigenvalue weighted by molar-refractivity contribution is -0.271. The predicted octanol–water partition coefficient (Wildman–Crippen LogP) is 2.29. The first-order valence-electron chi connectivity index (χ1n) is 6.16. The number of likely N-dealkylation sites (tertiary alicyclic amines) is 1. The molecule has 1 aromatic rings. The summed E-state index contributed by atoms with van der Waals surface area (Å²) < 4.78 is 38.0. The van der Waals surface area contributed by atoms with Crippen LogP contribution in [-0.4, -0.2) is 45.8 Å². The Morgan fingerprint density at radius 2 is 1.90 bits per heavy atom. The zero-order chi connectivity index (χ0) is 15.1. The van der Waals surface area contributed by atoms with Crippen molar-refractivity contribution in [3.8, 4) is 0 Å². The molecule has 0 spiro atoms. The lowest BCUT2D eigenvalue weighted by atomic mass is 9.90. The highest BCUT2D eigenvalue weighted by Crippen LogP contribution is 2.38. The highest BCUT2D eigenvalue weighted by atomic mass is 32.1.